The molecular formula is C13H17NO5S. The van der Waals surface area contributed by atoms with Gasteiger partial charge >= 0.3 is 5.97 Å². The molecule has 1 aromatic rings. The van der Waals surface area contributed by atoms with E-state index in [0.29, 0.717) is 19.8 Å². The van der Waals surface area contributed by atoms with E-state index in [9.17, 15) is 9.59 Å². The first-order valence-corrected chi connectivity index (χ1v) is 7.53. The molecule has 0 saturated carbocycles. The van der Waals surface area contributed by atoms with Crippen LogP contribution in [0.4, 0.5) is 0 Å². The standard InChI is InChI=1S/C13H17NO5S/c1-20-13(4-6-18-7-5-13)8-14-11(15)9-2-3-10(19-9)12(16)17/h2-3H,4-8H2,1H3,(H,14,15)(H,16,17). The van der Waals surface area contributed by atoms with Crippen LogP contribution in [0.1, 0.15) is 34.0 Å². The zero-order valence-electron chi connectivity index (χ0n) is 11.2. The van der Waals surface area contributed by atoms with Crippen LogP contribution in [-0.2, 0) is 4.74 Å². The van der Waals surface area contributed by atoms with Crippen molar-refractivity contribution < 1.29 is 23.8 Å². The summed E-state index contributed by atoms with van der Waals surface area (Å²) in [6, 6.07) is 2.64. The fraction of sp³-hybridized carbons (Fsp3) is 0.538. The number of hydrogen-bond donors (Lipinski definition) is 2. The zero-order valence-corrected chi connectivity index (χ0v) is 12.0. The van der Waals surface area contributed by atoms with Gasteiger partial charge in [0.25, 0.3) is 5.91 Å². The number of rotatable bonds is 5. The summed E-state index contributed by atoms with van der Waals surface area (Å²) in [7, 11) is 0. The first-order valence-electron chi connectivity index (χ1n) is 6.30. The number of furan rings is 1. The average Bonchev–Trinajstić information content (AvgIpc) is 2.96. The first kappa shape index (κ1) is 14.9. The zero-order chi connectivity index (χ0) is 14.6. The third-order valence-electron chi connectivity index (χ3n) is 3.45. The maximum Gasteiger partial charge on any atom is 0.371 e. The highest BCUT2D eigenvalue weighted by atomic mass is 32.2. The van der Waals surface area contributed by atoms with Gasteiger partial charge in [-0.05, 0) is 31.2 Å². The van der Waals surface area contributed by atoms with Gasteiger partial charge in [0.05, 0.1) is 0 Å². The minimum atomic E-state index is -1.19. The molecule has 0 aromatic carbocycles. The summed E-state index contributed by atoms with van der Waals surface area (Å²) in [6.07, 6.45) is 3.78. The summed E-state index contributed by atoms with van der Waals surface area (Å²) in [5.41, 5.74) is 0. The molecule has 2 heterocycles. The van der Waals surface area contributed by atoms with Gasteiger partial charge in [0, 0.05) is 24.5 Å². The molecule has 6 nitrogen and oxygen atoms in total. The van der Waals surface area contributed by atoms with E-state index in [1.54, 1.807) is 11.8 Å². The number of carboxylic acid groups (broad SMARTS) is 1. The van der Waals surface area contributed by atoms with Crippen molar-refractivity contribution in [2.75, 3.05) is 26.0 Å². The van der Waals surface area contributed by atoms with Crippen LogP contribution in [0.15, 0.2) is 16.5 Å². The van der Waals surface area contributed by atoms with Gasteiger partial charge in [-0.2, -0.15) is 11.8 Å². The summed E-state index contributed by atoms with van der Waals surface area (Å²) in [4.78, 5) is 22.6. The normalized spacial score (nSPS) is 17.6. The first-order chi connectivity index (χ1) is 9.56. The molecular weight excluding hydrogens is 282 g/mol. The Balaban J connectivity index is 1.95. The van der Waals surface area contributed by atoms with E-state index >= 15 is 0 Å². The molecule has 1 aliphatic heterocycles. The molecule has 2 N–H and O–H groups in total. The Kier molecular flexibility index (Phi) is 4.72. The number of ether oxygens (including phenoxy) is 1. The third-order valence-corrected chi connectivity index (χ3v) is 4.87. The van der Waals surface area contributed by atoms with E-state index in [0.717, 1.165) is 12.8 Å². The SMILES string of the molecule is CSC1(CNC(=O)c2ccc(C(=O)O)o2)CCOCC1. The molecule has 1 fully saturated rings. The van der Waals surface area contributed by atoms with Gasteiger partial charge in [-0.25, -0.2) is 4.79 Å². The fourth-order valence-corrected chi connectivity index (χ4v) is 2.89. The summed E-state index contributed by atoms with van der Waals surface area (Å²) >= 11 is 1.72. The molecule has 0 unspecified atom stereocenters. The van der Waals surface area contributed by atoms with Gasteiger partial charge in [-0.3, -0.25) is 4.79 Å². The average molecular weight is 299 g/mol. The highest BCUT2D eigenvalue weighted by Gasteiger charge is 2.32. The molecule has 20 heavy (non-hydrogen) atoms. The van der Waals surface area contributed by atoms with Crippen LogP contribution in [0.25, 0.3) is 0 Å². The van der Waals surface area contributed by atoms with Crippen molar-refractivity contribution in [1.29, 1.82) is 0 Å². The van der Waals surface area contributed by atoms with E-state index in [1.165, 1.54) is 12.1 Å². The van der Waals surface area contributed by atoms with Crippen molar-refractivity contribution in [3.05, 3.63) is 23.7 Å². The number of thioether (sulfide) groups is 1. The van der Waals surface area contributed by atoms with Crippen molar-refractivity contribution in [2.24, 2.45) is 0 Å². The fourth-order valence-electron chi connectivity index (χ4n) is 2.10. The van der Waals surface area contributed by atoms with Crippen LogP contribution in [-0.4, -0.2) is 47.7 Å². The van der Waals surface area contributed by atoms with Crippen molar-refractivity contribution in [2.45, 2.75) is 17.6 Å². The maximum absolute atomic E-state index is 11.9. The van der Waals surface area contributed by atoms with E-state index in [2.05, 4.69) is 5.32 Å². The molecule has 1 amide bonds. The van der Waals surface area contributed by atoms with Gasteiger partial charge in [0.15, 0.2) is 5.76 Å². The molecule has 0 aliphatic carbocycles. The molecule has 1 aromatic heterocycles. The lowest BCUT2D eigenvalue weighted by Gasteiger charge is -2.35. The van der Waals surface area contributed by atoms with E-state index in [-0.39, 0.29) is 16.3 Å². The maximum atomic E-state index is 11.9. The lowest BCUT2D eigenvalue weighted by molar-refractivity contribution is 0.0657. The van der Waals surface area contributed by atoms with Gasteiger partial charge in [-0.1, -0.05) is 0 Å². The van der Waals surface area contributed by atoms with Crippen molar-refractivity contribution in [3.63, 3.8) is 0 Å². The van der Waals surface area contributed by atoms with Crippen molar-refractivity contribution in [1.82, 2.24) is 5.32 Å². The number of aromatic carboxylic acids is 1. The van der Waals surface area contributed by atoms with E-state index < -0.39 is 11.9 Å². The number of hydrogen-bond acceptors (Lipinski definition) is 5. The largest absolute Gasteiger partial charge is 0.475 e. The molecule has 7 heteroatoms. The van der Waals surface area contributed by atoms with Gasteiger partial charge in [0.1, 0.15) is 0 Å². The molecule has 1 saturated heterocycles. The van der Waals surface area contributed by atoms with E-state index in [4.69, 9.17) is 14.3 Å². The molecule has 1 aliphatic rings. The molecule has 0 spiro atoms. The number of carboxylic acids is 1. The second-order valence-corrected chi connectivity index (χ2v) is 5.93. The number of amides is 1. The van der Waals surface area contributed by atoms with Crippen LogP contribution in [0.2, 0.25) is 0 Å². The monoisotopic (exact) mass is 299 g/mol. The van der Waals surface area contributed by atoms with Gasteiger partial charge in [0.2, 0.25) is 5.76 Å². The highest BCUT2D eigenvalue weighted by molar-refractivity contribution is 8.00. The summed E-state index contributed by atoms with van der Waals surface area (Å²) in [5, 5.41) is 11.6. The van der Waals surface area contributed by atoms with Crippen LogP contribution < -0.4 is 5.32 Å². The minimum Gasteiger partial charge on any atom is -0.475 e. The predicted octanol–water partition coefficient (Wildman–Crippen LogP) is 1.62. The van der Waals surface area contributed by atoms with Crippen LogP contribution >= 0.6 is 11.8 Å². The Hall–Kier alpha value is -1.47. The lowest BCUT2D eigenvalue weighted by atomic mass is 9.99. The van der Waals surface area contributed by atoms with Crippen LogP contribution in [0.3, 0.4) is 0 Å². The van der Waals surface area contributed by atoms with Gasteiger partial charge < -0.3 is 19.6 Å². The Morgan fingerprint density at radius 1 is 1.35 bits per heavy atom. The van der Waals surface area contributed by atoms with Crippen molar-refractivity contribution >= 4 is 23.6 Å². The second-order valence-electron chi connectivity index (χ2n) is 4.65. The van der Waals surface area contributed by atoms with E-state index in [1.807, 2.05) is 6.26 Å². The summed E-state index contributed by atoms with van der Waals surface area (Å²) in [6.45, 7) is 1.90. The topological polar surface area (TPSA) is 88.8 Å². The minimum absolute atomic E-state index is 0.0177. The van der Waals surface area contributed by atoms with Gasteiger partial charge in [-0.15, -0.1) is 0 Å². The quantitative estimate of drug-likeness (QED) is 0.859. The molecule has 0 bridgehead atoms. The number of carbonyl (C=O) groups excluding carboxylic acids is 1. The molecule has 0 atom stereocenters. The summed E-state index contributed by atoms with van der Waals surface area (Å²) < 4.78 is 10.3. The Morgan fingerprint density at radius 3 is 2.55 bits per heavy atom. The Bertz CT molecular complexity index is 493. The number of carbonyl (C=O) groups is 2. The highest BCUT2D eigenvalue weighted by Crippen LogP contribution is 2.33. The third kappa shape index (κ3) is 3.34. The second kappa shape index (κ2) is 6.32. The Labute approximate surface area is 120 Å². The van der Waals surface area contributed by atoms with Crippen LogP contribution in [0.5, 0.6) is 0 Å². The molecule has 0 radical (unpaired) electrons. The predicted molar refractivity (Wildman–Crippen MR) is 74.3 cm³/mol. The smallest absolute Gasteiger partial charge is 0.371 e. The van der Waals surface area contributed by atoms with Crippen LogP contribution in [0, 0.1) is 0 Å². The molecule has 2 rings (SSSR count). The lowest BCUT2D eigenvalue weighted by Crippen LogP contribution is -2.44. The molecule has 110 valence electrons. The summed E-state index contributed by atoms with van der Waals surface area (Å²) in [5.74, 6) is -1.79. The van der Waals surface area contributed by atoms with Crippen molar-refractivity contribution in [3.8, 4) is 0 Å². The number of nitrogens with one attached hydrogen (secondary N) is 1. The Morgan fingerprint density at radius 2 is 2.00 bits per heavy atom.